The van der Waals surface area contributed by atoms with Crippen LogP contribution in [0.15, 0.2) is 0 Å². The maximum atomic E-state index is 10.5. The van der Waals surface area contributed by atoms with Crippen molar-refractivity contribution in [2.75, 3.05) is 0 Å². The van der Waals surface area contributed by atoms with Crippen LogP contribution in [0.4, 0.5) is 0 Å². The van der Waals surface area contributed by atoms with Crippen molar-refractivity contribution in [3.05, 3.63) is 0 Å². The van der Waals surface area contributed by atoms with Crippen LogP contribution in [0.25, 0.3) is 0 Å². The number of carbonyl (C=O) groups is 1. The van der Waals surface area contributed by atoms with Crippen molar-refractivity contribution in [2.45, 2.75) is 33.2 Å². The highest BCUT2D eigenvalue weighted by Gasteiger charge is 1.96. The van der Waals surface area contributed by atoms with E-state index in [2.05, 4.69) is 11.2 Å². The van der Waals surface area contributed by atoms with Gasteiger partial charge in [0.1, 0.15) is 0 Å². The first-order chi connectivity index (χ1) is 4.66. The van der Waals surface area contributed by atoms with Crippen LogP contribution in [0.1, 0.15) is 27.2 Å². The summed E-state index contributed by atoms with van der Waals surface area (Å²) in [4.78, 5) is 10.5. The fourth-order valence-electron chi connectivity index (χ4n) is 0.424. The zero-order chi connectivity index (χ0) is 8.57. The third-order valence-electron chi connectivity index (χ3n) is 0.771. The third-order valence-corrected chi connectivity index (χ3v) is 0.771. The van der Waals surface area contributed by atoms with E-state index in [0.717, 1.165) is 0 Å². The van der Waals surface area contributed by atoms with E-state index in [1.807, 2.05) is 20.8 Å². The molecule has 0 saturated heterocycles. The van der Waals surface area contributed by atoms with Crippen LogP contribution in [0.5, 0.6) is 0 Å². The Hall–Kier alpha value is -0.610. The van der Waals surface area contributed by atoms with E-state index in [0.29, 0.717) is 6.42 Å². The van der Waals surface area contributed by atoms with Gasteiger partial charge in [0.2, 0.25) is 5.91 Å². The van der Waals surface area contributed by atoms with Gasteiger partial charge in [-0.1, -0.05) is 6.92 Å². The molecule has 4 heteroatoms. The fourth-order valence-corrected chi connectivity index (χ4v) is 0.424. The van der Waals surface area contributed by atoms with Crippen LogP contribution in [0.3, 0.4) is 0 Å². The minimum absolute atomic E-state index is 0.125. The summed E-state index contributed by atoms with van der Waals surface area (Å²) in [6, 6.07) is 0.280. The number of amides is 1. The summed E-state index contributed by atoms with van der Waals surface area (Å²) in [6.45, 7) is 5.75. The zero-order valence-electron chi connectivity index (χ0n) is 6.72. The Morgan fingerprint density at radius 2 is 2.00 bits per heavy atom. The molecule has 0 rings (SSSR count). The summed E-state index contributed by atoms with van der Waals surface area (Å²) in [5.41, 5.74) is 0. The molecule has 0 aliphatic heterocycles. The smallest absolute Gasteiger partial charge is 0.219 e. The van der Waals surface area contributed by atoms with Crippen LogP contribution in [0.2, 0.25) is 0 Å². The van der Waals surface area contributed by atoms with Crippen LogP contribution >= 0.6 is 0 Å². The van der Waals surface area contributed by atoms with Crippen molar-refractivity contribution in [3.63, 3.8) is 0 Å². The van der Waals surface area contributed by atoms with Crippen molar-refractivity contribution >= 4 is 5.91 Å². The topological polar surface area (TPSA) is 75.4 Å². The Balaban J connectivity index is 0. The Bertz CT molecular complexity index is 83.8. The summed E-state index contributed by atoms with van der Waals surface area (Å²) < 4.78 is 0. The Labute approximate surface area is 61.4 Å². The van der Waals surface area contributed by atoms with Gasteiger partial charge in [0.05, 0.1) is 0 Å². The van der Waals surface area contributed by atoms with E-state index < -0.39 is 0 Å². The minimum Gasteiger partial charge on any atom is -0.354 e. The molecular weight excluding hydrogens is 132 g/mol. The van der Waals surface area contributed by atoms with E-state index in [4.69, 9.17) is 5.21 Å². The number of rotatable bonds is 2. The van der Waals surface area contributed by atoms with Gasteiger partial charge in [-0.25, -0.2) is 5.90 Å². The van der Waals surface area contributed by atoms with Crippen molar-refractivity contribution < 1.29 is 10.0 Å². The maximum Gasteiger partial charge on any atom is 0.219 e. The van der Waals surface area contributed by atoms with Gasteiger partial charge in [-0.3, -0.25) is 4.79 Å². The molecular formula is C6H16N2O2. The first kappa shape index (κ1) is 12.1. The molecule has 4 N–H and O–H groups in total. The molecule has 0 aromatic heterocycles. The molecule has 0 aromatic rings. The van der Waals surface area contributed by atoms with Crippen molar-refractivity contribution in [1.82, 2.24) is 5.32 Å². The molecule has 0 spiro atoms. The van der Waals surface area contributed by atoms with Gasteiger partial charge in [-0.05, 0) is 13.8 Å². The van der Waals surface area contributed by atoms with Crippen LogP contribution in [-0.2, 0) is 4.79 Å². The molecule has 10 heavy (non-hydrogen) atoms. The molecule has 0 heterocycles. The lowest BCUT2D eigenvalue weighted by Crippen LogP contribution is -2.29. The molecule has 0 unspecified atom stereocenters. The normalized spacial score (nSPS) is 8.20. The molecule has 0 fully saturated rings. The second-order valence-corrected chi connectivity index (χ2v) is 2.08. The lowest BCUT2D eigenvalue weighted by Gasteiger charge is -2.04. The zero-order valence-corrected chi connectivity index (χ0v) is 6.72. The Morgan fingerprint density at radius 1 is 1.60 bits per heavy atom. The van der Waals surface area contributed by atoms with Crippen molar-refractivity contribution in [2.24, 2.45) is 5.90 Å². The second kappa shape index (κ2) is 8.39. The number of hydrogen-bond acceptors (Lipinski definition) is 3. The Morgan fingerprint density at radius 3 is 2.10 bits per heavy atom. The van der Waals surface area contributed by atoms with Gasteiger partial charge in [0.15, 0.2) is 0 Å². The predicted molar refractivity (Wildman–Crippen MR) is 39.5 cm³/mol. The molecule has 0 saturated carbocycles. The highest BCUT2D eigenvalue weighted by Crippen LogP contribution is 1.79. The molecule has 0 aliphatic carbocycles. The van der Waals surface area contributed by atoms with Crippen LogP contribution in [-0.4, -0.2) is 17.2 Å². The summed E-state index contributed by atoms with van der Waals surface area (Å²) in [5, 5.41) is 9.25. The van der Waals surface area contributed by atoms with Gasteiger partial charge >= 0.3 is 0 Å². The van der Waals surface area contributed by atoms with Crippen molar-refractivity contribution in [1.29, 1.82) is 0 Å². The van der Waals surface area contributed by atoms with Gasteiger partial charge in [0, 0.05) is 12.5 Å². The Kier molecular flexibility index (Phi) is 10.2. The molecule has 0 bridgehead atoms. The fraction of sp³-hybridized carbons (Fsp3) is 0.833. The molecule has 0 aromatic carbocycles. The van der Waals surface area contributed by atoms with Crippen LogP contribution < -0.4 is 11.2 Å². The van der Waals surface area contributed by atoms with Crippen LogP contribution in [0, 0.1) is 0 Å². The van der Waals surface area contributed by atoms with Gasteiger partial charge < -0.3 is 10.5 Å². The summed E-state index contributed by atoms with van der Waals surface area (Å²) in [7, 11) is 0. The molecule has 0 aliphatic rings. The lowest BCUT2D eigenvalue weighted by molar-refractivity contribution is -0.121. The van der Waals surface area contributed by atoms with Gasteiger partial charge in [0.25, 0.3) is 0 Å². The monoisotopic (exact) mass is 148 g/mol. The number of hydrogen-bond donors (Lipinski definition) is 3. The highest BCUT2D eigenvalue weighted by atomic mass is 16.4. The summed E-state index contributed by atoms with van der Waals surface area (Å²) >= 11 is 0. The number of nitrogens with one attached hydrogen (secondary N) is 1. The molecule has 1 amide bonds. The first-order valence-corrected chi connectivity index (χ1v) is 3.22. The molecule has 62 valence electrons. The first-order valence-electron chi connectivity index (χ1n) is 3.22. The molecule has 0 radical (unpaired) electrons. The third kappa shape index (κ3) is 10.4. The summed E-state index contributed by atoms with van der Waals surface area (Å²) in [5.74, 6) is 3.63. The largest absolute Gasteiger partial charge is 0.354 e. The SMILES string of the molecule is CCC(=O)NC(C)C.NO. The average molecular weight is 148 g/mol. The van der Waals surface area contributed by atoms with Crippen molar-refractivity contribution in [3.8, 4) is 0 Å². The van der Waals surface area contributed by atoms with E-state index in [9.17, 15) is 4.79 Å². The average Bonchev–Trinajstić information content (AvgIpc) is 1.91. The van der Waals surface area contributed by atoms with E-state index >= 15 is 0 Å². The van der Waals surface area contributed by atoms with Gasteiger partial charge in [-0.2, -0.15) is 0 Å². The van der Waals surface area contributed by atoms with E-state index in [1.165, 1.54) is 0 Å². The molecule has 0 atom stereocenters. The number of carbonyl (C=O) groups excluding carboxylic acids is 1. The minimum atomic E-state index is 0.125. The quantitative estimate of drug-likeness (QED) is 0.491. The van der Waals surface area contributed by atoms with E-state index in [1.54, 1.807) is 0 Å². The highest BCUT2D eigenvalue weighted by molar-refractivity contribution is 5.75. The predicted octanol–water partition coefficient (Wildman–Crippen LogP) is 0.255. The van der Waals surface area contributed by atoms with Gasteiger partial charge in [-0.15, -0.1) is 0 Å². The maximum absolute atomic E-state index is 10.5. The van der Waals surface area contributed by atoms with E-state index in [-0.39, 0.29) is 11.9 Å². The standard InChI is InChI=1S/C6H13NO.H3NO/c1-4-6(8)7-5(2)3;1-2/h5H,4H2,1-3H3,(H,7,8);2H,1H2. The molecule has 4 nitrogen and oxygen atoms in total. The summed E-state index contributed by atoms with van der Waals surface area (Å²) in [6.07, 6.45) is 0.582. The second-order valence-electron chi connectivity index (χ2n) is 2.08. The number of nitrogens with two attached hydrogens (primary N) is 1. The lowest BCUT2D eigenvalue weighted by atomic mass is 10.3.